The van der Waals surface area contributed by atoms with Crippen LogP contribution in [-0.4, -0.2) is 53.4 Å². The summed E-state index contributed by atoms with van der Waals surface area (Å²) < 4.78 is 0. The number of anilines is 1. The Balaban J connectivity index is 1.30. The number of nitrogens with one attached hydrogen (secondary N) is 1. The lowest BCUT2D eigenvalue weighted by atomic mass is 10.1. The van der Waals surface area contributed by atoms with Gasteiger partial charge < -0.3 is 5.32 Å². The highest BCUT2D eigenvalue weighted by Crippen LogP contribution is 2.21. The van der Waals surface area contributed by atoms with Crippen molar-refractivity contribution in [1.29, 1.82) is 0 Å². The average Bonchev–Trinajstić information content (AvgIpc) is 2.71. The predicted octanol–water partition coefficient (Wildman–Crippen LogP) is 3.64. The van der Waals surface area contributed by atoms with Gasteiger partial charge in [0.05, 0.1) is 22.8 Å². The molecular weight excluding hydrogens is 372 g/mol. The quantitative estimate of drug-likeness (QED) is 0.717. The number of carbonyl (C=O) groups is 1. The second kappa shape index (κ2) is 8.69. The fourth-order valence-corrected chi connectivity index (χ4v) is 3.78. The van der Waals surface area contributed by atoms with E-state index in [0.717, 1.165) is 38.2 Å². The zero-order valence-corrected chi connectivity index (χ0v) is 16.4. The molecule has 1 amide bonds. The van der Waals surface area contributed by atoms with Gasteiger partial charge in [-0.05, 0) is 23.8 Å². The minimum absolute atomic E-state index is 0.0280. The second-order valence-corrected chi connectivity index (χ2v) is 7.48. The smallest absolute Gasteiger partial charge is 0.238 e. The molecule has 2 aromatic carbocycles. The van der Waals surface area contributed by atoms with E-state index in [9.17, 15) is 4.79 Å². The molecule has 1 N–H and O–H groups in total. The van der Waals surface area contributed by atoms with E-state index in [4.69, 9.17) is 11.6 Å². The fourth-order valence-electron chi connectivity index (χ4n) is 3.60. The summed E-state index contributed by atoms with van der Waals surface area (Å²) in [5.74, 6) is -0.0280. The average molecular weight is 395 g/mol. The number of pyridine rings is 1. The lowest BCUT2D eigenvalue weighted by molar-refractivity contribution is -0.117. The summed E-state index contributed by atoms with van der Waals surface area (Å²) in [4.78, 5) is 21.5. The van der Waals surface area contributed by atoms with Crippen LogP contribution < -0.4 is 5.32 Å². The third-order valence-electron chi connectivity index (χ3n) is 5.09. The van der Waals surface area contributed by atoms with E-state index < -0.39 is 0 Å². The summed E-state index contributed by atoms with van der Waals surface area (Å²) in [6.45, 7) is 4.87. The first-order chi connectivity index (χ1) is 13.7. The number of piperazine rings is 1. The van der Waals surface area contributed by atoms with Crippen molar-refractivity contribution < 1.29 is 4.79 Å². The molecule has 3 aromatic rings. The van der Waals surface area contributed by atoms with Gasteiger partial charge in [-0.2, -0.15) is 0 Å². The maximum atomic E-state index is 12.3. The Morgan fingerprint density at radius 1 is 0.964 bits per heavy atom. The monoisotopic (exact) mass is 394 g/mol. The molecule has 5 nitrogen and oxygen atoms in total. The molecule has 1 fully saturated rings. The molecule has 0 radical (unpaired) electrons. The highest BCUT2D eigenvalue weighted by Gasteiger charge is 2.20. The van der Waals surface area contributed by atoms with Gasteiger partial charge in [0.1, 0.15) is 0 Å². The van der Waals surface area contributed by atoms with Gasteiger partial charge in [-0.1, -0.05) is 48.0 Å². The highest BCUT2D eigenvalue weighted by atomic mass is 35.5. The summed E-state index contributed by atoms with van der Waals surface area (Å²) in [5, 5.41) is 4.63. The third kappa shape index (κ3) is 4.50. The Morgan fingerprint density at radius 3 is 2.54 bits per heavy atom. The number of fused-ring (bicyclic) bond motifs is 1. The fraction of sp³-hybridized carbons (Fsp3) is 0.273. The third-order valence-corrected chi connectivity index (χ3v) is 5.42. The van der Waals surface area contributed by atoms with Gasteiger partial charge in [0.15, 0.2) is 0 Å². The first kappa shape index (κ1) is 18.9. The van der Waals surface area contributed by atoms with Crippen LogP contribution in [0.5, 0.6) is 0 Å². The molecule has 1 saturated heterocycles. The summed E-state index contributed by atoms with van der Waals surface area (Å²) in [5.41, 5.74) is 2.99. The van der Waals surface area contributed by atoms with Gasteiger partial charge in [-0.25, -0.2) is 0 Å². The SMILES string of the molecule is O=C(CN1CCN(Cc2cccc3cccnc23)CC1)Nc1ccccc1Cl. The second-order valence-electron chi connectivity index (χ2n) is 7.07. The molecule has 2 heterocycles. The minimum Gasteiger partial charge on any atom is -0.324 e. The zero-order chi connectivity index (χ0) is 19.3. The Bertz CT molecular complexity index is 964. The van der Waals surface area contributed by atoms with Crippen molar-refractivity contribution in [1.82, 2.24) is 14.8 Å². The van der Waals surface area contributed by atoms with Gasteiger partial charge in [-0.15, -0.1) is 0 Å². The number of carbonyl (C=O) groups excluding carboxylic acids is 1. The largest absolute Gasteiger partial charge is 0.324 e. The van der Waals surface area contributed by atoms with Gasteiger partial charge in [-0.3, -0.25) is 19.6 Å². The van der Waals surface area contributed by atoms with E-state index in [1.165, 1.54) is 10.9 Å². The zero-order valence-electron chi connectivity index (χ0n) is 15.6. The van der Waals surface area contributed by atoms with Gasteiger partial charge >= 0.3 is 0 Å². The molecule has 0 unspecified atom stereocenters. The van der Waals surface area contributed by atoms with Crippen molar-refractivity contribution in [3.8, 4) is 0 Å². The van der Waals surface area contributed by atoms with Crippen LogP contribution in [-0.2, 0) is 11.3 Å². The molecule has 6 heteroatoms. The minimum atomic E-state index is -0.0280. The van der Waals surface area contributed by atoms with E-state index >= 15 is 0 Å². The van der Waals surface area contributed by atoms with Crippen molar-refractivity contribution in [3.63, 3.8) is 0 Å². The molecular formula is C22H23ClN4O. The van der Waals surface area contributed by atoms with E-state index in [0.29, 0.717) is 17.3 Å². The topological polar surface area (TPSA) is 48.5 Å². The molecule has 28 heavy (non-hydrogen) atoms. The molecule has 1 aliphatic rings. The number of amides is 1. The molecule has 1 aliphatic heterocycles. The normalized spacial score (nSPS) is 15.6. The van der Waals surface area contributed by atoms with Gasteiger partial charge in [0.2, 0.25) is 5.91 Å². The number of halogens is 1. The standard InChI is InChI=1S/C22H23ClN4O/c23-19-8-1-2-9-20(19)25-21(28)16-27-13-11-26(12-14-27)15-18-6-3-5-17-7-4-10-24-22(17)18/h1-10H,11-16H2,(H,25,28). The van der Waals surface area contributed by atoms with Crippen LogP contribution >= 0.6 is 11.6 Å². The number of hydrogen-bond acceptors (Lipinski definition) is 4. The Hall–Kier alpha value is -2.47. The molecule has 1 aromatic heterocycles. The first-order valence-corrected chi connectivity index (χ1v) is 9.88. The van der Waals surface area contributed by atoms with E-state index in [1.54, 1.807) is 6.07 Å². The molecule has 0 bridgehead atoms. The molecule has 0 atom stereocenters. The number of aromatic nitrogens is 1. The molecule has 0 saturated carbocycles. The number of para-hydroxylation sites is 2. The van der Waals surface area contributed by atoms with E-state index in [-0.39, 0.29) is 5.91 Å². The summed E-state index contributed by atoms with van der Waals surface area (Å²) in [6, 6.07) is 17.7. The van der Waals surface area contributed by atoms with Crippen molar-refractivity contribution in [3.05, 3.63) is 71.4 Å². The number of nitrogens with zero attached hydrogens (tertiary/aromatic N) is 3. The summed E-state index contributed by atoms with van der Waals surface area (Å²) in [6.07, 6.45) is 1.85. The molecule has 0 spiro atoms. The van der Waals surface area contributed by atoms with Crippen molar-refractivity contribution in [2.24, 2.45) is 0 Å². The first-order valence-electron chi connectivity index (χ1n) is 9.51. The van der Waals surface area contributed by atoms with Gasteiger partial charge in [0.25, 0.3) is 0 Å². The van der Waals surface area contributed by atoms with E-state index in [1.807, 2.05) is 30.5 Å². The summed E-state index contributed by atoms with van der Waals surface area (Å²) in [7, 11) is 0. The van der Waals surface area contributed by atoms with Crippen LogP contribution in [0.15, 0.2) is 60.8 Å². The van der Waals surface area contributed by atoms with Crippen LogP contribution in [0, 0.1) is 0 Å². The van der Waals surface area contributed by atoms with E-state index in [2.05, 4.69) is 44.4 Å². The lowest BCUT2D eigenvalue weighted by Gasteiger charge is -2.34. The predicted molar refractivity (Wildman–Crippen MR) is 114 cm³/mol. The maximum Gasteiger partial charge on any atom is 0.238 e. The van der Waals surface area contributed by atoms with Gasteiger partial charge in [0, 0.05) is 44.3 Å². The lowest BCUT2D eigenvalue weighted by Crippen LogP contribution is -2.48. The molecule has 4 rings (SSSR count). The highest BCUT2D eigenvalue weighted by molar-refractivity contribution is 6.33. The summed E-state index contributed by atoms with van der Waals surface area (Å²) >= 11 is 6.11. The van der Waals surface area contributed by atoms with Crippen molar-refractivity contribution in [2.75, 3.05) is 38.0 Å². The number of rotatable bonds is 5. The maximum absolute atomic E-state index is 12.3. The van der Waals surface area contributed by atoms with Crippen molar-refractivity contribution >= 4 is 34.1 Å². The Morgan fingerprint density at radius 2 is 1.71 bits per heavy atom. The Labute approximate surface area is 169 Å². The number of benzene rings is 2. The molecule has 0 aliphatic carbocycles. The van der Waals surface area contributed by atoms with Crippen molar-refractivity contribution in [2.45, 2.75) is 6.54 Å². The number of hydrogen-bond donors (Lipinski definition) is 1. The van der Waals surface area contributed by atoms with Crippen LogP contribution in [0.4, 0.5) is 5.69 Å². The van der Waals surface area contributed by atoms with Crippen LogP contribution in [0.25, 0.3) is 10.9 Å². The van der Waals surface area contributed by atoms with Crippen LogP contribution in [0.1, 0.15) is 5.56 Å². The molecule has 144 valence electrons. The Kier molecular flexibility index (Phi) is 5.86. The van der Waals surface area contributed by atoms with Crippen LogP contribution in [0.3, 0.4) is 0 Å². The van der Waals surface area contributed by atoms with Crippen LogP contribution in [0.2, 0.25) is 5.02 Å².